The van der Waals surface area contributed by atoms with E-state index in [-0.39, 0.29) is 24.0 Å². The minimum atomic E-state index is -0.216. The summed E-state index contributed by atoms with van der Waals surface area (Å²) in [6, 6.07) is 10.3. The third-order valence-electron chi connectivity index (χ3n) is 6.05. The molecule has 28 heavy (non-hydrogen) atoms. The van der Waals surface area contributed by atoms with Crippen LogP contribution in [-0.2, 0) is 11.8 Å². The maximum absolute atomic E-state index is 13.3. The molecule has 0 spiro atoms. The zero-order valence-electron chi connectivity index (χ0n) is 16.3. The van der Waals surface area contributed by atoms with Gasteiger partial charge in [-0.2, -0.15) is 0 Å². The van der Waals surface area contributed by atoms with E-state index in [1.807, 2.05) is 30.3 Å². The average Bonchev–Trinajstić information content (AvgIpc) is 3.45. The maximum atomic E-state index is 13.3. The molecule has 2 aliphatic heterocycles. The standard InChI is InChI=1S/C21H26N6O/c1-13-7-8-14-15(11-13)23-20(22-14)19-6-4-10-27(19)21(28)17-12-16(24-25-17)18-5-3-9-26(18)2/h3,5,7-9,11,16-17,19,24-25H,4,6,10,12H2,1-2H3,(H,22,23). The van der Waals surface area contributed by atoms with E-state index in [4.69, 9.17) is 4.98 Å². The number of aromatic nitrogens is 3. The molecule has 5 rings (SSSR count). The lowest BCUT2D eigenvalue weighted by molar-refractivity contribution is -0.134. The molecule has 1 aromatic carbocycles. The van der Waals surface area contributed by atoms with Crippen molar-refractivity contribution in [3.8, 4) is 0 Å². The van der Waals surface area contributed by atoms with E-state index in [1.165, 1.54) is 11.3 Å². The summed E-state index contributed by atoms with van der Waals surface area (Å²) >= 11 is 0. The summed E-state index contributed by atoms with van der Waals surface area (Å²) in [5.74, 6) is 1.06. The molecule has 3 atom stereocenters. The molecule has 7 nitrogen and oxygen atoms in total. The highest BCUT2D eigenvalue weighted by Crippen LogP contribution is 2.33. The van der Waals surface area contributed by atoms with Crippen molar-refractivity contribution in [2.24, 2.45) is 7.05 Å². The van der Waals surface area contributed by atoms with Crippen LogP contribution in [-0.4, -0.2) is 37.9 Å². The fourth-order valence-corrected chi connectivity index (χ4v) is 4.56. The number of hydrogen-bond acceptors (Lipinski definition) is 4. The van der Waals surface area contributed by atoms with Crippen molar-refractivity contribution < 1.29 is 4.79 Å². The number of nitrogens with zero attached hydrogens (tertiary/aromatic N) is 3. The summed E-state index contributed by atoms with van der Waals surface area (Å²) in [5, 5.41) is 0. The van der Waals surface area contributed by atoms with E-state index in [0.717, 1.165) is 42.7 Å². The monoisotopic (exact) mass is 378 g/mol. The van der Waals surface area contributed by atoms with E-state index >= 15 is 0 Å². The number of likely N-dealkylation sites (tertiary alicyclic amines) is 1. The number of rotatable bonds is 3. The minimum absolute atomic E-state index is 0.0242. The number of imidazole rings is 1. The van der Waals surface area contributed by atoms with Gasteiger partial charge in [-0.1, -0.05) is 6.07 Å². The summed E-state index contributed by atoms with van der Waals surface area (Å²) in [6.07, 6.45) is 4.74. The summed E-state index contributed by atoms with van der Waals surface area (Å²) in [7, 11) is 2.03. The Hall–Kier alpha value is -2.64. The Morgan fingerprint density at radius 1 is 1.25 bits per heavy atom. The molecule has 146 valence electrons. The van der Waals surface area contributed by atoms with Crippen LogP contribution in [0.15, 0.2) is 36.5 Å². The number of amides is 1. The highest BCUT2D eigenvalue weighted by atomic mass is 16.2. The van der Waals surface area contributed by atoms with Crippen LogP contribution in [0.4, 0.5) is 0 Å². The van der Waals surface area contributed by atoms with Gasteiger partial charge in [0, 0.05) is 25.5 Å². The second kappa shape index (κ2) is 6.76. The van der Waals surface area contributed by atoms with Crippen molar-refractivity contribution in [1.82, 2.24) is 30.3 Å². The number of aromatic amines is 1. The number of fused-ring (bicyclic) bond motifs is 1. The lowest BCUT2D eigenvalue weighted by Gasteiger charge is -2.26. The van der Waals surface area contributed by atoms with E-state index in [1.54, 1.807) is 0 Å². The van der Waals surface area contributed by atoms with Gasteiger partial charge in [-0.05, 0) is 56.0 Å². The molecular formula is C21H26N6O. The fourth-order valence-electron chi connectivity index (χ4n) is 4.56. The number of hydrogen-bond donors (Lipinski definition) is 3. The van der Waals surface area contributed by atoms with Crippen molar-refractivity contribution in [2.45, 2.75) is 44.3 Å². The molecule has 1 amide bonds. The van der Waals surface area contributed by atoms with Crippen LogP contribution in [0.1, 0.15) is 48.4 Å². The second-order valence-corrected chi connectivity index (χ2v) is 8.01. The zero-order chi connectivity index (χ0) is 19.3. The van der Waals surface area contributed by atoms with Gasteiger partial charge >= 0.3 is 0 Å². The second-order valence-electron chi connectivity index (χ2n) is 8.01. The molecule has 3 N–H and O–H groups in total. The number of carbonyl (C=O) groups excluding carboxylic acids is 1. The number of carbonyl (C=O) groups is 1. The first-order valence-corrected chi connectivity index (χ1v) is 9.99. The Balaban J connectivity index is 1.35. The Labute approximate surface area is 164 Å². The van der Waals surface area contributed by atoms with Gasteiger partial charge in [0.05, 0.1) is 23.1 Å². The molecule has 0 aliphatic carbocycles. The van der Waals surface area contributed by atoms with Gasteiger partial charge in [0.2, 0.25) is 5.91 Å². The first kappa shape index (κ1) is 17.5. The molecule has 2 fully saturated rings. The molecule has 3 aromatic rings. The molecule has 2 aliphatic rings. The Morgan fingerprint density at radius 3 is 2.96 bits per heavy atom. The average molecular weight is 378 g/mol. The summed E-state index contributed by atoms with van der Waals surface area (Å²) < 4.78 is 2.10. The first-order valence-electron chi connectivity index (χ1n) is 9.99. The number of aryl methyl sites for hydroxylation is 2. The van der Waals surface area contributed by atoms with Gasteiger partial charge in [-0.25, -0.2) is 15.8 Å². The number of benzene rings is 1. The summed E-state index contributed by atoms with van der Waals surface area (Å²) in [4.78, 5) is 23.5. The highest BCUT2D eigenvalue weighted by Gasteiger charge is 2.39. The Kier molecular flexibility index (Phi) is 4.21. The maximum Gasteiger partial charge on any atom is 0.241 e. The lowest BCUT2D eigenvalue weighted by atomic mass is 10.1. The first-order chi connectivity index (χ1) is 13.6. The van der Waals surface area contributed by atoms with Crippen molar-refractivity contribution >= 4 is 16.9 Å². The van der Waals surface area contributed by atoms with Crippen LogP contribution in [0, 0.1) is 6.92 Å². The minimum Gasteiger partial charge on any atom is -0.353 e. The highest BCUT2D eigenvalue weighted by molar-refractivity contribution is 5.83. The molecule has 0 radical (unpaired) electrons. The topological polar surface area (TPSA) is 78.0 Å². The van der Waals surface area contributed by atoms with Gasteiger partial charge in [0.15, 0.2) is 0 Å². The summed E-state index contributed by atoms with van der Waals surface area (Å²) in [6.45, 7) is 2.86. The largest absolute Gasteiger partial charge is 0.353 e. The third-order valence-corrected chi connectivity index (χ3v) is 6.05. The molecule has 0 bridgehead atoms. The summed E-state index contributed by atoms with van der Waals surface area (Å²) in [5.41, 5.74) is 10.9. The SMILES string of the molecule is Cc1ccc2nc(C3CCCN3C(=O)C3CC(c4cccn4C)NN3)[nH]c2c1. The van der Waals surface area contributed by atoms with Crippen LogP contribution in [0.3, 0.4) is 0 Å². The van der Waals surface area contributed by atoms with Crippen molar-refractivity contribution in [1.29, 1.82) is 0 Å². The fraction of sp³-hybridized carbons (Fsp3) is 0.429. The van der Waals surface area contributed by atoms with Crippen molar-refractivity contribution in [2.75, 3.05) is 6.54 Å². The van der Waals surface area contributed by atoms with E-state index < -0.39 is 0 Å². The van der Waals surface area contributed by atoms with Gasteiger partial charge in [-0.3, -0.25) is 4.79 Å². The van der Waals surface area contributed by atoms with E-state index in [0.29, 0.717) is 0 Å². The molecule has 7 heteroatoms. The van der Waals surface area contributed by atoms with Gasteiger partial charge in [0.25, 0.3) is 0 Å². The van der Waals surface area contributed by atoms with Crippen LogP contribution in [0.2, 0.25) is 0 Å². The normalized spacial score (nSPS) is 25.1. The molecular weight excluding hydrogens is 352 g/mol. The van der Waals surface area contributed by atoms with Crippen LogP contribution in [0.25, 0.3) is 11.0 Å². The van der Waals surface area contributed by atoms with Gasteiger partial charge in [-0.15, -0.1) is 0 Å². The smallest absolute Gasteiger partial charge is 0.241 e. The van der Waals surface area contributed by atoms with Crippen LogP contribution in [0.5, 0.6) is 0 Å². The molecule has 2 saturated heterocycles. The molecule has 0 saturated carbocycles. The predicted molar refractivity (Wildman–Crippen MR) is 107 cm³/mol. The Morgan fingerprint density at radius 2 is 2.14 bits per heavy atom. The quantitative estimate of drug-likeness (QED) is 0.654. The number of hydrazine groups is 1. The number of H-pyrrole nitrogens is 1. The van der Waals surface area contributed by atoms with E-state index in [9.17, 15) is 4.79 Å². The lowest BCUT2D eigenvalue weighted by Crippen LogP contribution is -2.45. The zero-order valence-corrected chi connectivity index (χ0v) is 16.3. The van der Waals surface area contributed by atoms with Crippen LogP contribution >= 0.6 is 0 Å². The van der Waals surface area contributed by atoms with Crippen LogP contribution < -0.4 is 10.9 Å². The predicted octanol–water partition coefficient (Wildman–Crippen LogP) is 2.48. The van der Waals surface area contributed by atoms with Crippen molar-refractivity contribution in [3.05, 3.63) is 53.6 Å². The Bertz CT molecular complexity index is 1020. The van der Waals surface area contributed by atoms with E-state index in [2.05, 4.69) is 45.5 Å². The molecule has 2 aromatic heterocycles. The number of nitrogens with one attached hydrogen (secondary N) is 3. The van der Waals surface area contributed by atoms with Gasteiger partial charge in [0.1, 0.15) is 11.9 Å². The van der Waals surface area contributed by atoms with Gasteiger partial charge < -0.3 is 14.5 Å². The molecule has 3 unspecified atom stereocenters. The molecule has 4 heterocycles. The third kappa shape index (κ3) is 2.91. The van der Waals surface area contributed by atoms with Crippen molar-refractivity contribution in [3.63, 3.8) is 0 Å².